The predicted molar refractivity (Wildman–Crippen MR) is 126 cm³/mol. The zero-order valence-corrected chi connectivity index (χ0v) is 21.2. The first kappa shape index (κ1) is 28.8. The van der Waals surface area contributed by atoms with Crippen LogP contribution in [0.25, 0.3) is 0 Å². The number of hydrogen-bond acceptors (Lipinski definition) is 3. The normalized spacial score (nSPS) is 22.0. The van der Waals surface area contributed by atoms with Gasteiger partial charge in [0.05, 0.1) is 5.56 Å². The molecule has 4 nitrogen and oxygen atoms in total. The lowest BCUT2D eigenvalue weighted by atomic mass is 9.82. The molecule has 3 rings (SSSR count). The second-order valence-electron chi connectivity index (χ2n) is 11.2. The fourth-order valence-corrected chi connectivity index (χ4v) is 5.33. The molecule has 204 valence electrons. The molecule has 1 aromatic carbocycles. The van der Waals surface area contributed by atoms with Crippen molar-refractivity contribution in [2.45, 2.75) is 77.3 Å². The minimum Gasteiger partial charge on any atom is -0.337 e. The number of nitrogens with zero attached hydrogens (tertiary/aromatic N) is 2. The van der Waals surface area contributed by atoms with Gasteiger partial charge in [-0.2, -0.15) is 26.3 Å². The van der Waals surface area contributed by atoms with Gasteiger partial charge < -0.3 is 10.2 Å². The van der Waals surface area contributed by atoms with Crippen molar-refractivity contribution in [1.29, 1.82) is 0 Å². The molecule has 10 heteroatoms. The quantitative estimate of drug-likeness (QED) is 0.464. The summed E-state index contributed by atoms with van der Waals surface area (Å²) in [5.74, 6) is 0.395. The summed E-state index contributed by atoms with van der Waals surface area (Å²) in [7, 11) is 0. The van der Waals surface area contributed by atoms with Crippen molar-refractivity contribution >= 4 is 5.91 Å². The van der Waals surface area contributed by atoms with E-state index in [2.05, 4.69) is 5.32 Å². The molecule has 0 aromatic heterocycles. The van der Waals surface area contributed by atoms with E-state index in [-0.39, 0.29) is 23.8 Å². The van der Waals surface area contributed by atoms with Gasteiger partial charge in [0.1, 0.15) is 0 Å². The van der Waals surface area contributed by atoms with Crippen molar-refractivity contribution in [3.8, 4) is 0 Å². The summed E-state index contributed by atoms with van der Waals surface area (Å²) in [4.78, 5) is 17.1. The molecule has 1 N–H and O–H groups in total. The Labute approximate surface area is 209 Å². The Hall–Kier alpha value is -1.81. The minimum atomic E-state index is -4.52. The van der Waals surface area contributed by atoms with Crippen molar-refractivity contribution in [2.24, 2.45) is 11.3 Å². The number of piperidine rings is 1. The van der Waals surface area contributed by atoms with Crippen LogP contribution in [0.3, 0.4) is 0 Å². The highest BCUT2D eigenvalue weighted by molar-refractivity contribution is 5.77. The number of piperazine rings is 1. The maximum absolute atomic E-state index is 13.3. The van der Waals surface area contributed by atoms with E-state index < -0.39 is 30.4 Å². The third-order valence-corrected chi connectivity index (χ3v) is 7.42. The molecule has 2 atom stereocenters. The van der Waals surface area contributed by atoms with E-state index in [0.717, 1.165) is 38.1 Å². The molecule has 0 aliphatic carbocycles. The van der Waals surface area contributed by atoms with Crippen LogP contribution in [0, 0.1) is 11.3 Å². The Balaban J connectivity index is 1.81. The molecule has 2 heterocycles. The molecule has 1 aromatic rings. The lowest BCUT2D eigenvalue weighted by molar-refractivity contribution is -0.144. The van der Waals surface area contributed by atoms with Gasteiger partial charge in [-0.05, 0) is 61.4 Å². The fourth-order valence-electron chi connectivity index (χ4n) is 5.33. The lowest BCUT2D eigenvalue weighted by Gasteiger charge is -2.49. The Morgan fingerprint density at radius 1 is 1.00 bits per heavy atom. The van der Waals surface area contributed by atoms with Crippen molar-refractivity contribution in [1.82, 2.24) is 15.1 Å². The zero-order chi connectivity index (χ0) is 26.7. The highest BCUT2D eigenvalue weighted by Gasteiger charge is 2.41. The number of halogens is 6. The molecule has 2 aliphatic heterocycles. The van der Waals surface area contributed by atoms with E-state index in [9.17, 15) is 31.1 Å². The summed E-state index contributed by atoms with van der Waals surface area (Å²) in [6.07, 6.45) is -7.83. The number of hydrogen-bond donors (Lipinski definition) is 1. The number of carbonyl (C=O) groups is 1. The van der Waals surface area contributed by atoms with Crippen LogP contribution >= 0.6 is 0 Å². The fraction of sp³-hybridized carbons (Fsp3) is 0.731. The van der Waals surface area contributed by atoms with Crippen LogP contribution in [0.5, 0.6) is 0 Å². The standard InChI is InChI=1S/C26H37F6N3O/c1-24(2,3)22-17-34(14-15-35(22)23(36)16-18-9-12-33-13-10-18)21(8-11-25(27,28)29)19-4-6-20(7-5-19)26(30,31)32/h4-7,18,21-22,33H,8-17H2,1-3H3/t21?,22-/m1/s1. The van der Waals surface area contributed by atoms with Crippen LogP contribution in [0.4, 0.5) is 26.3 Å². The van der Waals surface area contributed by atoms with Gasteiger partial charge in [-0.3, -0.25) is 9.69 Å². The van der Waals surface area contributed by atoms with Gasteiger partial charge in [0.2, 0.25) is 5.91 Å². The second-order valence-corrected chi connectivity index (χ2v) is 11.2. The van der Waals surface area contributed by atoms with Gasteiger partial charge in [0.25, 0.3) is 0 Å². The first-order chi connectivity index (χ1) is 16.6. The first-order valence-electron chi connectivity index (χ1n) is 12.6. The number of amides is 1. The van der Waals surface area contributed by atoms with Crippen LogP contribution in [-0.2, 0) is 11.0 Å². The third kappa shape index (κ3) is 7.84. The third-order valence-electron chi connectivity index (χ3n) is 7.42. The van der Waals surface area contributed by atoms with E-state index in [4.69, 9.17) is 0 Å². The summed E-state index contributed by atoms with van der Waals surface area (Å²) in [6, 6.07) is 3.50. The molecule has 2 saturated heterocycles. The molecule has 0 radical (unpaired) electrons. The largest absolute Gasteiger partial charge is 0.416 e. The van der Waals surface area contributed by atoms with E-state index in [1.165, 1.54) is 12.1 Å². The molecular formula is C26H37F6N3O. The Morgan fingerprint density at radius 2 is 1.61 bits per heavy atom. The average Bonchev–Trinajstić information content (AvgIpc) is 2.78. The molecule has 36 heavy (non-hydrogen) atoms. The van der Waals surface area contributed by atoms with Crippen molar-refractivity contribution in [3.05, 3.63) is 35.4 Å². The highest BCUT2D eigenvalue weighted by Crippen LogP contribution is 2.38. The molecule has 0 bridgehead atoms. The van der Waals surface area contributed by atoms with Crippen LogP contribution in [0.15, 0.2) is 24.3 Å². The summed E-state index contributed by atoms with van der Waals surface area (Å²) in [6.45, 7) is 8.93. The van der Waals surface area contributed by atoms with Crippen LogP contribution in [-0.4, -0.2) is 60.6 Å². The maximum atomic E-state index is 13.3. The molecule has 1 amide bonds. The molecule has 1 unspecified atom stereocenters. The van der Waals surface area contributed by atoms with Gasteiger partial charge in [-0.1, -0.05) is 32.9 Å². The molecule has 2 aliphatic rings. The monoisotopic (exact) mass is 521 g/mol. The zero-order valence-electron chi connectivity index (χ0n) is 21.2. The predicted octanol–water partition coefficient (Wildman–Crippen LogP) is 6.04. The maximum Gasteiger partial charge on any atom is 0.416 e. The van der Waals surface area contributed by atoms with Gasteiger partial charge in [0.15, 0.2) is 0 Å². The SMILES string of the molecule is CC(C)(C)[C@H]1CN(C(CCC(F)(F)F)c2ccc(C(F)(F)F)cc2)CCN1C(=O)CC1CCNCC1. The number of rotatable bonds is 6. The second kappa shape index (κ2) is 11.3. The van der Waals surface area contributed by atoms with Crippen LogP contribution in [0.2, 0.25) is 0 Å². The van der Waals surface area contributed by atoms with Gasteiger partial charge >= 0.3 is 12.4 Å². The summed E-state index contributed by atoms with van der Waals surface area (Å²) < 4.78 is 78.6. The molecular weight excluding hydrogens is 484 g/mol. The minimum absolute atomic E-state index is 0.0721. The van der Waals surface area contributed by atoms with Gasteiger partial charge in [-0.15, -0.1) is 0 Å². The van der Waals surface area contributed by atoms with Crippen LogP contribution < -0.4 is 5.32 Å². The topological polar surface area (TPSA) is 35.6 Å². The summed E-state index contributed by atoms with van der Waals surface area (Å²) >= 11 is 0. The number of benzene rings is 1. The van der Waals surface area contributed by atoms with E-state index in [1.807, 2.05) is 30.6 Å². The summed E-state index contributed by atoms with van der Waals surface area (Å²) in [5, 5.41) is 3.29. The number of nitrogens with one attached hydrogen (secondary N) is 1. The Bertz CT molecular complexity index is 856. The molecule has 2 fully saturated rings. The summed E-state index contributed by atoms with van der Waals surface area (Å²) in [5.41, 5.74) is -0.729. The highest BCUT2D eigenvalue weighted by atomic mass is 19.4. The van der Waals surface area contributed by atoms with Crippen LogP contribution in [0.1, 0.15) is 70.0 Å². The lowest BCUT2D eigenvalue weighted by Crippen LogP contribution is -2.60. The number of alkyl halides is 6. The van der Waals surface area contributed by atoms with E-state index in [0.29, 0.717) is 37.5 Å². The Morgan fingerprint density at radius 3 is 2.14 bits per heavy atom. The van der Waals surface area contributed by atoms with Gasteiger partial charge in [-0.25, -0.2) is 0 Å². The van der Waals surface area contributed by atoms with E-state index >= 15 is 0 Å². The number of carbonyl (C=O) groups excluding carboxylic acids is 1. The van der Waals surface area contributed by atoms with Crippen molar-refractivity contribution in [2.75, 3.05) is 32.7 Å². The average molecular weight is 522 g/mol. The Kier molecular flexibility index (Phi) is 9.02. The van der Waals surface area contributed by atoms with E-state index in [1.54, 1.807) is 0 Å². The molecule has 0 saturated carbocycles. The molecule has 0 spiro atoms. The smallest absolute Gasteiger partial charge is 0.337 e. The first-order valence-corrected chi connectivity index (χ1v) is 12.6. The van der Waals surface area contributed by atoms with Crippen molar-refractivity contribution in [3.63, 3.8) is 0 Å². The van der Waals surface area contributed by atoms with Gasteiger partial charge in [0, 0.05) is 44.6 Å². The van der Waals surface area contributed by atoms with Crippen molar-refractivity contribution < 1.29 is 31.1 Å².